The molecule has 0 spiro atoms. The van der Waals surface area contributed by atoms with Gasteiger partial charge in [-0.25, -0.2) is 4.98 Å². The van der Waals surface area contributed by atoms with E-state index >= 15 is 0 Å². The summed E-state index contributed by atoms with van der Waals surface area (Å²) < 4.78 is 0. The second-order valence-electron chi connectivity index (χ2n) is 4.29. The molecule has 1 atom stereocenters. The molecule has 17 heavy (non-hydrogen) atoms. The summed E-state index contributed by atoms with van der Waals surface area (Å²) in [7, 11) is 0. The Hall–Kier alpha value is -1.69. The number of aryl methyl sites for hydroxylation is 1. The highest BCUT2D eigenvalue weighted by Gasteiger charge is 2.15. The van der Waals surface area contributed by atoms with Gasteiger partial charge in [0.25, 0.3) is 5.69 Å². The largest absolute Gasteiger partial charge is 0.394 e. The highest BCUT2D eigenvalue weighted by Crippen LogP contribution is 2.19. The Balaban J connectivity index is 2.89. The predicted octanol–water partition coefficient (Wildman–Crippen LogP) is 1.73. The normalized spacial score (nSPS) is 12.5. The van der Waals surface area contributed by atoms with Crippen molar-refractivity contribution in [3.63, 3.8) is 0 Å². The fraction of sp³-hybridized carbons (Fsp3) is 0.545. The summed E-state index contributed by atoms with van der Waals surface area (Å²) in [5.74, 6) is 0.819. The number of pyridine rings is 1. The van der Waals surface area contributed by atoms with Gasteiger partial charge >= 0.3 is 0 Å². The number of aliphatic hydroxyl groups is 1. The van der Waals surface area contributed by atoms with Gasteiger partial charge < -0.3 is 10.4 Å². The lowest BCUT2D eigenvalue weighted by Crippen LogP contribution is -2.30. The van der Waals surface area contributed by atoms with Crippen LogP contribution in [0, 0.1) is 23.0 Å². The molecule has 0 aliphatic rings. The first-order chi connectivity index (χ1) is 7.95. The van der Waals surface area contributed by atoms with Gasteiger partial charge in [-0.1, -0.05) is 13.8 Å². The zero-order valence-corrected chi connectivity index (χ0v) is 10.2. The van der Waals surface area contributed by atoms with E-state index < -0.39 is 4.92 Å². The SMILES string of the molecule is Cc1cc([N+](=O)[O-])cnc1NC(CO)C(C)C. The van der Waals surface area contributed by atoms with Crippen molar-refractivity contribution in [3.8, 4) is 0 Å². The zero-order chi connectivity index (χ0) is 13.0. The van der Waals surface area contributed by atoms with Gasteiger partial charge in [-0.3, -0.25) is 10.1 Å². The third-order valence-corrected chi connectivity index (χ3v) is 2.60. The van der Waals surface area contributed by atoms with Crippen molar-refractivity contribution >= 4 is 11.5 Å². The standard InChI is InChI=1S/C11H17N3O3/c1-7(2)10(6-15)13-11-8(3)4-9(5-12-11)14(16)17/h4-5,7,10,15H,6H2,1-3H3,(H,12,13). The maximum Gasteiger partial charge on any atom is 0.287 e. The van der Waals surface area contributed by atoms with E-state index in [-0.39, 0.29) is 24.3 Å². The molecule has 0 saturated heterocycles. The molecule has 0 radical (unpaired) electrons. The summed E-state index contributed by atoms with van der Waals surface area (Å²) in [6.07, 6.45) is 1.21. The lowest BCUT2D eigenvalue weighted by atomic mass is 10.1. The maximum atomic E-state index is 10.6. The topological polar surface area (TPSA) is 88.3 Å². The Morgan fingerprint density at radius 2 is 2.24 bits per heavy atom. The molecule has 0 aromatic carbocycles. The van der Waals surface area contributed by atoms with Gasteiger partial charge in [-0.2, -0.15) is 0 Å². The number of anilines is 1. The van der Waals surface area contributed by atoms with Crippen LogP contribution in [-0.4, -0.2) is 27.7 Å². The van der Waals surface area contributed by atoms with Gasteiger partial charge in [0.1, 0.15) is 12.0 Å². The van der Waals surface area contributed by atoms with E-state index in [1.807, 2.05) is 13.8 Å². The van der Waals surface area contributed by atoms with Crippen molar-refractivity contribution in [1.29, 1.82) is 0 Å². The van der Waals surface area contributed by atoms with Crippen molar-refractivity contribution in [2.75, 3.05) is 11.9 Å². The summed E-state index contributed by atoms with van der Waals surface area (Å²) in [4.78, 5) is 14.1. The summed E-state index contributed by atoms with van der Waals surface area (Å²) in [5, 5.41) is 22.8. The van der Waals surface area contributed by atoms with E-state index in [2.05, 4.69) is 10.3 Å². The van der Waals surface area contributed by atoms with Gasteiger partial charge in [0.2, 0.25) is 0 Å². The number of aliphatic hydroxyl groups excluding tert-OH is 1. The average molecular weight is 239 g/mol. The van der Waals surface area contributed by atoms with Crippen LogP contribution >= 0.6 is 0 Å². The van der Waals surface area contributed by atoms with E-state index in [9.17, 15) is 15.2 Å². The molecule has 1 rings (SSSR count). The summed E-state index contributed by atoms with van der Waals surface area (Å²) in [6, 6.07) is 1.35. The minimum Gasteiger partial charge on any atom is -0.394 e. The molecule has 6 nitrogen and oxygen atoms in total. The third kappa shape index (κ3) is 3.39. The molecule has 0 bridgehead atoms. The Morgan fingerprint density at radius 1 is 1.59 bits per heavy atom. The Labute approximate surface area is 99.8 Å². The monoisotopic (exact) mass is 239 g/mol. The van der Waals surface area contributed by atoms with E-state index in [1.165, 1.54) is 12.3 Å². The molecule has 1 aromatic rings. The molecule has 0 aliphatic heterocycles. The molecule has 0 fully saturated rings. The highest BCUT2D eigenvalue weighted by atomic mass is 16.6. The minimum absolute atomic E-state index is 0.00419. The van der Waals surface area contributed by atoms with Crippen molar-refractivity contribution in [2.45, 2.75) is 26.8 Å². The van der Waals surface area contributed by atoms with Crippen molar-refractivity contribution in [2.24, 2.45) is 5.92 Å². The summed E-state index contributed by atoms with van der Waals surface area (Å²) in [5.41, 5.74) is 0.663. The van der Waals surface area contributed by atoms with Gasteiger partial charge in [0.15, 0.2) is 0 Å². The smallest absolute Gasteiger partial charge is 0.287 e. The second kappa shape index (κ2) is 5.58. The zero-order valence-electron chi connectivity index (χ0n) is 10.2. The molecule has 1 aromatic heterocycles. The quantitative estimate of drug-likeness (QED) is 0.603. The van der Waals surface area contributed by atoms with Crippen LogP contribution in [0.25, 0.3) is 0 Å². The first-order valence-corrected chi connectivity index (χ1v) is 5.44. The lowest BCUT2D eigenvalue weighted by molar-refractivity contribution is -0.385. The van der Waals surface area contributed by atoms with Crippen LogP contribution < -0.4 is 5.32 Å². The predicted molar refractivity (Wildman–Crippen MR) is 65.0 cm³/mol. The van der Waals surface area contributed by atoms with Gasteiger partial charge in [-0.15, -0.1) is 0 Å². The molecule has 94 valence electrons. The lowest BCUT2D eigenvalue weighted by Gasteiger charge is -2.21. The van der Waals surface area contributed by atoms with Gasteiger partial charge in [-0.05, 0) is 18.4 Å². The number of hydrogen-bond donors (Lipinski definition) is 2. The Bertz CT molecular complexity index is 407. The fourth-order valence-corrected chi connectivity index (χ4v) is 1.41. The summed E-state index contributed by atoms with van der Waals surface area (Å²) >= 11 is 0. The van der Waals surface area contributed by atoms with Gasteiger partial charge in [0, 0.05) is 6.07 Å². The highest BCUT2D eigenvalue weighted by molar-refractivity contribution is 5.48. The van der Waals surface area contributed by atoms with Crippen LogP contribution in [0.15, 0.2) is 12.3 Å². The van der Waals surface area contributed by atoms with Crippen LogP contribution in [0.4, 0.5) is 11.5 Å². The van der Waals surface area contributed by atoms with Crippen LogP contribution in [-0.2, 0) is 0 Å². The van der Waals surface area contributed by atoms with E-state index in [1.54, 1.807) is 6.92 Å². The molecule has 0 saturated carbocycles. The van der Waals surface area contributed by atoms with Crippen LogP contribution in [0.5, 0.6) is 0 Å². The summed E-state index contributed by atoms with van der Waals surface area (Å²) in [6.45, 7) is 5.70. The van der Waals surface area contributed by atoms with Crippen LogP contribution in [0.1, 0.15) is 19.4 Å². The molecular weight excluding hydrogens is 222 g/mol. The fourth-order valence-electron chi connectivity index (χ4n) is 1.41. The molecular formula is C11H17N3O3. The van der Waals surface area contributed by atoms with Crippen LogP contribution in [0.3, 0.4) is 0 Å². The molecule has 6 heteroatoms. The Kier molecular flexibility index (Phi) is 4.39. The van der Waals surface area contributed by atoms with E-state index in [4.69, 9.17) is 0 Å². The average Bonchev–Trinajstić information content (AvgIpc) is 2.26. The number of nitrogens with one attached hydrogen (secondary N) is 1. The first kappa shape index (κ1) is 13.4. The second-order valence-corrected chi connectivity index (χ2v) is 4.29. The maximum absolute atomic E-state index is 10.6. The first-order valence-electron chi connectivity index (χ1n) is 5.44. The van der Waals surface area contributed by atoms with Crippen LogP contribution in [0.2, 0.25) is 0 Å². The van der Waals surface area contributed by atoms with Crippen molar-refractivity contribution in [3.05, 3.63) is 27.9 Å². The number of hydrogen-bond acceptors (Lipinski definition) is 5. The molecule has 1 unspecified atom stereocenters. The van der Waals surface area contributed by atoms with Gasteiger partial charge in [0.05, 0.1) is 17.6 Å². The number of aromatic nitrogens is 1. The van der Waals surface area contributed by atoms with Crippen molar-refractivity contribution < 1.29 is 10.0 Å². The third-order valence-electron chi connectivity index (χ3n) is 2.60. The minimum atomic E-state index is -0.476. The molecule has 2 N–H and O–H groups in total. The molecule has 1 heterocycles. The van der Waals surface area contributed by atoms with Crippen molar-refractivity contribution in [1.82, 2.24) is 4.98 Å². The van der Waals surface area contributed by atoms with E-state index in [0.29, 0.717) is 11.4 Å². The molecule has 0 aliphatic carbocycles. The van der Waals surface area contributed by atoms with E-state index in [0.717, 1.165) is 0 Å². The number of nitro groups is 1. The number of nitrogens with zero attached hydrogens (tertiary/aromatic N) is 2. The Morgan fingerprint density at radius 3 is 2.65 bits per heavy atom. The number of rotatable bonds is 5. The molecule has 0 amide bonds.